The van der Waals surface area contributed by atoms with Crippen molar-refractivity contribution in [2.24, 2.45) is 11.3 Å². The van der Waals surface area contributed by atoms with Gasteiger partial charge in [0.25, 0.3) is 0 Å². The SMILES string of the molecule is CCOC(=O)[C@]1(C)CCCN([C@H](OC(C)c2cc(C(F)(F)F)cc(C(F)(F)F)c2)[C@H]2COCC[C@@H]2c2ccccc2)C1. The molecule has 11 heteroatoms. The molecule has 2 heterocycles. The van der Waals surface area contributed by atoms with Crippen molar-refractivity contribution in [3.63, 3.8) is 0 Å². The first-order valence-electron chi connectivity index (χ1n) is 14.2. The summed E-state index contributed by atoms with van der Waals surface area (Å²) in [6, 6.07) is 11.2. The van der Waals surface area contributed by atoms with Gasteiger partial charge in [0.05, 0.1) is 35.9 Å². The van der Waals surface area contributed by atoms with Crippen molar-refractivity contribution in [1.29, 1.82) is 0 Å². The zero-order valence-electron chi connectivity index (χ0n) is 23.9. The van der Waals surface area contributed by atoms with Gasteiger partial charge in [-0.05, 0) is 75.3 Å². The van der Waals surface area contributed by atoms with Crippen LogP contribution in [-0.4, -0.2) is 50.0 Å². The highest BCUT2D eigenvalue weighted by Crippen LogP contribution is 2.43. The Kier molecular flexibility index (Phi) is 9.94. The molecule has 0 saturated carbocycles. The highest BCUT2D eigenvalue weighted by atomic mass is 19.4. The van der Waals surface area contributed by atoms with Gasteiger partial charge in [-0.15, -0.1) is 0 Å². The Morgan fingerprint density at radius 2 is 1.71 bits per heavy atom. The minimum Gasteiger partial charge on any atom is -0.466 e. The minimum absolute atomic E-state index is 0.0415. The number of alkyl halides is 6. The molecular formula is C31H37F6NO4. The van der Waals surface area contributed by atoms with Crippen LogP contribution in [-0.2, 0) is 31.4 Å². The molecule has 0 aliphatic carbocycles. The van der Waals surface area contributed by atoms with Gasteiger partial charge in [-0.3, -0.25) is 9.69 Å². The topological polar surface area (TPSA) is 48.0 Å². The minimum atomic E-state index is -4.97. The lowest BCUT2D eigenvalue weighted by atomic mass is 9.78. The summed E-state index contributed by atoms with van der Waals surface area (Å²) in [5.41, 5.74) is -2.84. The number of halogens is 6. The number of ether oxygens (including phenoxy) is 3. The van der Waals surface area contributed by atoms with Crippen molar-refractivity contribution in [2.45, 2.75) is 70.6 Å². The fraction of sp³-hybridized carbons (Fsp3) is 0.581. The quantitative estimate of drug-likeness (QED) is 0.230. The summed E-state index contributed by atoms with van der Waals surface area (Å²) in [4.78, 5) is 14.9. The van der Waals surface area contributed by atoms with Crippen LogP contribution in [0.15, 0.2) is 48.5 Å². The Balaban J connectivity index is 1.73. The number of carbonyl (C=O) groups is 1. The number of rotatable bonds is 8. The molecule has 232 valence electrons. The number of hydrogen-bond acceptors (Lipinski definition) is 5. The van der Waals surface area contributed by atoms with E-state index < -0.39 is 41.2 Å². The normalized spacial score (nSPS) is 25.5. The maximum atomic E-state index is 13.6. The average molecular weight is 602 g/mol. The number of nitrogens with zero attached hydrogens (tertiary/aromatic N) is 1. The molecule has 0 bridgehead atoms. The first-order valence-corrected chi connectivity index (χ1v) is 14.2. The van der Waals surface area contributed by atoms with E-state index in [0.717, 1.165) is 5.56 Å². The van der Waals surface area contributed by atoms with Gasteiger partial charge in [-0.25, -0.2) is 0 Å². The molecule has 4 rings (SSSR count). The van der Waals surface area contributed by atoms with E-state index in [9.17, 15) is 31.1 Å². The molecule has 0 radical (unpaired) electrons. The van der Waals surface area contributed by atoms with Gasteiger partial charge in [0.15, 0.2) is 0 Å². The van der Waals surface area contributed by atoms with Gasteiger partial charge in [0.2, 0.25) is 0 Å². The van der Waals surface area contributed by atoms with Crippen LogP contribution < -0.4 is 0 Å². The standard InChI is InChI=1S/C31H37F6NO4/c1-4-41-28(39)29(3)12-8-13-38(19-29)27(26-18-40-14-11-25(26)21-9-6-5-7-10-21)42-20(2)22-15-23(30(32,33)34)17-24(16-22)31(35,36)37/h5-7,9-10,15-17,20,25-27H,4,8,11-14,18-19H2,1-3H3/t20?,25-,26+,27-,29-/m1/s1. The van der Waals surface area contributed by atoms with Crippen LogP contribution in [0.2, 0.25) is 0 Å². The number of esters is 1. The van der Waals surface area contributed by atoms with Gasteiger partial charge in [-0.2, -0.15) is 26.3 Å². The summed E-state index contributed by atoms with van der Waals surface area (Å²) in [6.07, 6.45) is -9.96. The molecule has 0 amide bonds. The Morgan fingerprint density at radius 1 is 1.07 bits per heavy atom. The predicted octanol–water partition coefficient (Wildman–Crippen LogP) is 7.61. The van der Waals surface area contributed by atoms with Gasteiger partial charge >= 0.3 is 18.3 Å². The second kappa shape index (κ2) is 12.9. The molecule has 2 fully saturated rings. The number of hydrogen-bond donors (Lipinski definition) is 0. The maximum Gasteiger partial charge on any atom is 0.416 e. The lowest BCUT2D eigenvalue weighted by molar-refractivity contribution is -0.181. The van der Waals surface area contributed by atoms with Crippen LogP contribution >= 0.6 is 0 Å². The Labute approximate surface area is 242 Å². The van der Waals surface area contributed by atoms with E-state index in [0.29, 0.717) is 44.5 Å². The fourth-order valence-electron chi connectivity index (χ4n) is 6.08. The molecule has 0 spiro atoms. The maximum absolute atomic E-state index is 13.6. The number of carbonyl (C=O) groups excluding carboxylic acids is 1. The van der Waals surface area contributed by atoms with E-state index in [2.05, 4.69) is 0 Å². The first-order chi connectivity index (χ1) is 19.7. The largest absolute Gasteiger partial charge is 0.466 e. The van der Waals surface area contributed by atoms with Gasteiger partial charge < -0.3 is 14.2 Å². The summed E-state index contributed by atoms with van der Waals surface area (Å²) in [5.74, 6) is -0.699. The van der Waals surface area contributed by atoms with Crippen molar-refractivity contribution < 1.29 is 45.3 Å². The van der Waals surface area contributed by atoms with Crippen LogP contribution in [0, 0.1) is 11.3 Å². The summed E-state index contributed by atoms with van der Waals surface area (Å²) in [5, 5.41) is 0. The van der Waals surface area contributed by atoms with Crippen LogP contribution in [0.4, 0.5) is 26.3 Å². The van der Waals surface area contributed by atoms with Crippen molar-refractivity contribution in [3.8, 4) is 0 Å². The van der Waals surface area contributed by atoms with E-state index in [1.807, 2.05) is 42.2 Å². The highest BCUT2D eigenvalue weighted by Gasteiger charge is 2.46. The lowest BCUT2D eigenvalue weighted by Crippen LogP contribution is -2.55. The smallest absolute Gasteiger partial charge is 0.416 e. The van der Waals surface area contributed by atoms with E-state index in [1.54, 1.807) is 6.92 Å². The van der Waals surface area contributed by atoms with Crippen LogP contribution in [0.25, 0.3) is 0 Å². The molecule has 2 aromatic carbocycles. The molecular weight excluding hydrogens is 564 g/mol. The third kappa shape index (κ3) is 7.47. The van der Waals surface area contributed by atoms with E-state index in [4.69, 9.17) is 14.2 Å². The number of piperidine rings is 1. The summed E-state index contributed by atoms with van der Waals surface area (Å²) in [6.45, 7) is 6.78. The van der Waals surface area contributed by atoms with Crippen molar-refractivity contribution in [1.82, 2.24) is 4.90 Å². The highest BCUT2D eigenvalue weighted by molar-refractivity contribution is 5.76. The number of benzene rings is 2. The van der Waals surface area contributed by atoms with Crippen molar-refractivity contribution >= 4 is 5.97 Å². The summed E-state index contributed by atoms with van der Waals surface area (Å²) >= 11 is 0. The zero-order chi connectivity index (χ0) is 30.7. The second-order valence-electron chi connectivity index (χ2n) is 11.4. The Hall–Kier alpha value is -2.63. The van der Waals surface area contributed by atoms with Gasteiger partial charge in [0, 0.05) is 25.6 Å². The summed E-state index contributed by atoms with van der Waals surface area (Å²) in [7, 11) is 0. The van der Waals surface area contributed by atoms with E-state index in [1.165, 1.54) is 6.92 Å². The zero-order valence-corrected chi connectivity index (χ0v) is 23.9. The molecule has 2 saturated heterocycles. The van der Waals surface area contributed by atoms with E-state index in [-0.39, 0.29) is 49.2 Å². The lowest BCUT2D eigenvalue weighted by Gasteiger charge is -2.47. The van der Waals surface area contributed by atoms with Crippen LogP contribution in [0.3, 0.4) is 0 Å². The molecule has 42 heavy (non-hydrogen) atoms. The molecule has 1 unspecified atom stereocenters. The second-order valence-corrected chi connectivity index (χ2v) is 11.4. The van der Waals surface area contributed by atoms with Crippen LogP contribution in [0.5, 0.6) is 0 Å². The Bertz CT molecular complexity index is 1170. The summed E-state index contributed by atoms with van der Waals surface area (Å²) < 4.78 is 99.5. The van der Waals surface area contributed by atoms with Gasteiger partial charge in [0.1, 0.15) is 6.23 Å². The number of likely N-dealkylation sites (tertiary alicyclic amines) is 1. The molecule has 5 atom stereocenters. The van der Waals surface area contributed by atoms with Crippen molar-refractivity contribution in [2.75, 3.05) is 32.9 Å². The van der Waals surface area contributed by atoms with Gasteiger partial charge in [-0.1, -0.05) is 30.3 Å². The Morgan fingerprint density at radius 3 is 2.31 bits per heavy atom. The predicted molar refractivity (Wildman–Crippen MR) is 143 cm³/mol. The van der Waals surface area contributed by atoms with Crippen molar-refractivity contribution in [3.05, 3.63) is 70.8 Å². The molecule has 2 aliphatic heterocycles. The monoisotopic (exact) mass is 601 g/mol. The average Bonchev–Trinajstić information content (AvgIpc) is 2.95. The molecule has 0 aromatic heterocycles. The third-order valence-corrected chi connectivity index (χ3v) is 8.27. The van der Waals surface area contributed by atoms with Crippen LogP contribution in [0.1, 0.15) is 74.3 Å². The fourth-order valence-corrected chi connectivity index (χ4v) is 6.08. The molecule has 2 aliphatic rings. The van der Waals surface area contributed by atoms with E-state index >= 15 is 0 Å². The third-order valence-electron chi connectivity index (χ3n) is 8.27. The first kappa shape index (κ1) is 32.3. The molecule has 0 N–H and O–H groups in total. The molecule has 2 aromatic rings. The molecule has 5 nitrogen and oxygen atoms in total.